The lowest BCUT2D eigenvalue weighted by Gasteiger charge is -2.15. The van der Waals surface area contributed by atoms with Crippen LogP contribution < -0.4 is 0 Å². The van der Waals surface area contributed by atoms with E-state index < -0.39 is 5.82 Å². The molecule has 4 nitrogen and oxygen atoms in total. The summed E-state index contributed by atoms with van der Waals surface area (Å²) in [5, 5.41) is 13.0. The van der Waals surface area contributed by atoms with Gasteiger partial charge in [0.1, 0.15) is 11.6 Å². The number of phenols is 1. The molecule has 102 valence electrons. The maximum atomic E-state index is 13.6. The van der Waals surface area contributed by atoms with Gasteiger partial charge in [-0.25, -0.2) is 4.39 Å². The Bertz CT molecular complexity index is 578. The van der Waals surface area contributed by atoms with E-state index in [0.717, 1.165) is 6.07 Å². The summed E-state index contributed by atoms with van der Waals surface area (Å²) in [6.07, 6.45) is 0. The summed E-state index contributed by atoms with van der Waals surface area (Å²) in [6.45, 7) is 6.29. The van der Waals surface area contributed by atoms with Crippen molar-refractivity contribution in [3.63, 3.8) is 0 Å². The first-order chi connectivity index (χ1) is 8.85. The second-order valence-electron chi connectivity index (χ2n) is 5.08. The maximum absolute atomic E-state index is 13.6. The standard InChI is InChI=1S/C13H15FN2O2S/c1-13(2,3)19-7-11-15-12(18-16-11)9-5-4-8(17)6-10(9)14/h4-6,17H,7H2,1-3H3. The second kappa shape index (κ2) is 5.21. The molecule has 0 aliphatic heterocycles. The Labute approximate surface area is 115 Å². The minimum absolute atomic E-state index is 0.102. The molecule has 2 aromatic rings. The number of rotatable bonds is 3. The Morgan fingerprint density at radius 1 is 1.37 bits per heavy atom. The molecular formula is C13H15FN2O2S. The zero-order valence-corrected chi connectivity index (χ0v) is 11.8. The third-order valence-corrected chi connectivity index (χ3v) is 3.55. The van der Waals surface area contributed by atoms with E-state index in [1.54, 1.807) is 11.8 Å². The summed E-state index contributed by atoms with van der Waals surface area (Å²) >= 11 is 1.68. The van der Waals surface area contributed by atoms with Gasteiger partial charge in [0.15, 0.2) is 5.82 Å². The number of thioether (sulfide) groups is 1. The molecule has 1 heterocycles. The first-order valence-corrected chi connectivity index (χ1v) is 6.79. The van der Waals surface area contributed by atoms with Crippen LogP contribution in [0.2, 0.25) is 0 Å². The van der Waals surface area contributed by atoms with Crippen LogP contribution in [0.15, 0.2) is 22.7 Å². The summed E-state index contributed by atoms with van der Waals surface area (Å²) in [5.74, 6) is 0.541. The number of hydrogen-bond donors (Lipinski definition) is 1. The third-order valence-electron chi connectivity index (χ3n) is 2.29. The smallest absolute Gasteiger partial charge is 0.260 e. The molecule has 0 amide bonds. The van der Waals surface area contributed by atoms with E-state index in [-0.39, 0.29) is 22.0 Å². The first-order valence-electron chi connectivity index (χ1n) is 5.80. The van der Waals surface area contributed by atoms with Gasteiger partial charge in [-0.1, -0.05) is 25.9 Å². The summed E-state index contributed by atoms with van der Waals surface area (Å²) in [6, 6.07) is 3.81. The lowest BCUT2D eigenvalue weighted by molar-refractivity contribution is 0.422. The summed E-state index contributed by atoms with van der Waals surface area (Å²) in [4.78, 5) is 4.15. The van der Waals surface area contributed by atoms with Gasteiger partial charge >= 0.3 is 0 Å². The lowest BCUT2D eigenvalue weighted by Crippen LogP contribution is -2.07. The van der Waals surface area contributed by atoms with E-state index in [1.807, 2.05) is 0 Å². The van der Waals surface area contributed by atoms with Crippen molar-refractivity contribution in [2.75, 3.05) is 0 Å². The van der Waals surface area contributed by atoms with Gasteiger partial charge in [-0.2, -0.15) is 4.98 Å². The summed E-state index contributed by atoms with van der Waals surface area (Å²) in [7, 11) is 0. The van der Waals surface area contributed by atoms with Crippen molar-refractivity contribution >= 4 is 11.8 Å². The minimum Gasteiger partial charge on any atom is -0.508 e. The van der Waals surface area contributed by atoms with Gasteiger partial charge in [-0.3, -0.25) is 0 Å². The molecule has 0 unspecified atom stereocenters. The van der Waals surface area contributed by atoms with Crippen LogP contribution in [0.1, 0.15) is 26.6 Å². The van der Waals surface area contributed by atoms with E-state index in [2.05, 4.69) is 30.9 Å². The van der Waals surface area contributed by atoms with Gasteiger partial charge in [0.2, 0.25) is 0 Å². The highest BCUT2D eigenvalue weighted by Gasteiger charge is 2.16. The second-order valence-corrected chi connectivity index (χ2v) is 6.88. The van der Waals surface area contributed by atoms with Gasteiger partial charge in [-0.15, -0.1) is 11.8 Å². The van der Waals surface area contributed by atoms with Crippen molar-refractivity contribution in [1.82, 2.24) is 10.1 Å². The predicted octanol–water partition coefficient (Wildman–Crippen LogP) is 3.61. The van der Waals surface area contributed by atoms with Crippen LogP contribution in [0.3, 0.4) is 0 Å². The molecule has 0 atom stereocenters. The normalized spacial score (nSPS) is 11.8. The van der Waals surface area contributed by atoms with E-state index >= 15 is 0 Å². The molecule has 0 saturated carbocycles. The molecule has 0 aliphatic rings. The Hall–Kier alpha value is -1.56. The molecule has 19 heavy (non-hydrogen) atoms. The number of aromatic nitrogens is 2. The number of aromatic hydroxyl groups is 1. The fraction of sp³-hybridized carbons (Fsp3) is 0.385. The molecule has 0 saturated heterocycles. The van der Waals surface area contributed by atoms with Crippen molar-refractivity contribution in [2.45, 2.75) is 31.3 Å². The van der Waals surface area contributed by atoms with Gasteiger partial charge < -0.3 is 9.63 Å². The van der Waals surface area contributed by atoms with E-state index in [4.69, 9.17) is 9.63 Å². The number of phenolic OH excluding ortho intramolecular Hbond substituents is 1. The molecule has 0 aliphatic carbocycles. The monoisotopic (exact) mass is 282 g/mol. The SMILES string of the molecule is CC(C)(C)SCc1noc(-c2ccc(O)cc2F)n1. The molecule has 6 heteroatoms. The Balaban J connectivity index is 2.16. The Morgan fingerprint density at radius 3 is 2.74 bits per heavy atom. The summed E-state index contributed by atoms with van der Waals surface area (Å²) in [5.41, 5.74) is 0.192. The number of nitrogens with zero attached hydrogens (tertiary/aromatic N) is 2. The Kier molecular flexibility index (Phi) is 3.80. The molecule has 1 aromatic heterocycles. The van der Waals surface area contributed by atoms with Crippen molar-refractivity contribution < 1.29 is 14.0 Å². The summed E-state index contributed by atoms with van der Waals surface area (Å²) < 4.78 is 18.8. The quantitative estimate of drug-likeness (QED) is 0.931. The average Bonchev–Trinajstić information content (AvgIpc) is 2.74. The van der Waals surface area contributed by atoms with Crippen LogP contribution in [0, 0.1) is 5.82 Å². The largest absolute Gasteiger partial charge is 0.508 e. The van der Waals surface area contributed by atoms with Crippen molar-refractivity contribution in [1.29, 1.82) is 0 Å². The highest BCUT2D eigenvalue weighted by atomic mass is 32.2. The van der Waals surface area contributed by atoms with Crippen LogP contribution in [-0.4, -0.2) is 20.0 Å². The fourth-order valence-corrected chi connectivity index (χ4v) is 2.06. The molecular weight excluding hydrogens is 267 g/mol. The van der Waals surface area contributed by atoms with Crippen LogP contribution in [0.25, 0.3) is 11.5 Å². The molecule has 0 bridgehead atoms. The third kappa shape index (κ3) is 3.70. The molecule has 0 radical (unpaired) electrons. The topological polar surface area (TPSA) is 59.2 Å². The van der Waals surface area contributed by atoms with Gasteiger partial charge in [0, 0.05) is 10.8 Å². The highest BCUT2D eigenvalue weighted by Crippen LogP contribution is 2.28. The van der Waals surface area contributed by atoms with E-state index in [9.17, 15) is 4.39 Å². The average molecular weight is 282 g/mol. The van der Waals surface area contributed by atoms with Crippen LogP contribution in [-0.2, 0) is 5.75 Å². The molecule has 1 aromatic carbocycles. The maximum Gasteiger partial charge on any atom is 0.260 e. The van der Waals surface area contributed by atoms with Gasteiger partial charge in [0.25, 0.3) is 5.89 Å². The lowest BCUT2D eigenvalue weighted by atomic mass is 10.2. The van der Waals surface area contributed by atoms with Crippen molar-refractivity contribution in [3.8, 4) is 17.2 Å². The fourth-order valence-electron chi connectivity index (χ4n) is 1.38. The molecule has 0 fully saturated rings. The zero-order chi connectivity index (χ0) is 14.0. The highest BCUT2D eigenvalue weighted by molar-refractivity contribution is 7.99. The minimum atomic E-state index is -0.585. The number of halogens is 1. The van der Waals surface area contributed by atoms with Gasteiger partial charge in [-0.05, 0) is 12.1 Å². The zero-order valence-electron chi connectivity index (χ0n) is 11.0. The van der Waals surface area contributed by atoms with Crippen LogP contribution >= 0.6 is 11.8 Å². The molecule has 1 N–H and O–H groups in total. The molecule has 2 rings (SSSR count). The number of hydrogen-bond acceptors (Lipinski definition) is 5. The number of benzene rings is 1. The van der Waals surface area contributed by atoms with Crippen molar-refractivity contribution in [2.24, 2.45) is 0 Å². The van der Waals surface area contributed by atoms with Crippen molar-refractivity contribution in [3.05, 3.63) is 29.8 Å². The van der Waals surface area contributed by atoms with E-state index in [0.29, 0.717) is 11.6 Å². The molecule has 0 spiro atoms. The first kappa shape index (κ1) is 13.9. The van der Waals surface area contributed by atoms with Crippen LogP contribution in [0.4, 0.5) is 4.39 Å². The van der Waals surface area contributed by atoms with E-state index in [1.165, 1.54) is 12.1 Å². The predicted molar refractivity (Wildman–Crippen MR) is 72.4 cm³/mol. The Morgan fingerprint density at radius 2 is 2.11 bits per heavy atom. The van der Waals surface area contributed by atoms with Gasteiger partial charge in [0.05, 0.1) is 11.3 Å². The van der Waals surface area contributed by atoms with Crippen LogP contribution in [0.5, 0.6) is 5.75 Å².